The highest BCUT2D eigenvalue weighted by Crippen LogP contribution is 2.70. The molecule has 12 rings (SSSR count). The van der Waals surface area contributed by atoms with E-state index in [0.29, 0.717) is 17.8 Å². The number of rotatable bonds is 5. The summed E-state index contributed by atoms with van der Waals surface area (Å²) in [4.78, 5) is 1.50. The average molecular weight is 872 g/mol. The number of anilines is 1. The van der Waals surface area contributed by atoms with E-state index < -0.39 is 7.41 Å². The molecule has 6 unspecified atom stereocenters. The number of aromatic nitrogens is 1. The van der Waals surface area contributed by atoms with E-state index in [0.717, 1.165) is 31.2 Å². The van der Waals surface area contributed by atoms with Gasteiger partial charge in [0.25, 0.3) is 0 Å². The molecule has 5 heteroatoms. The Morgan fingerprint density at radius 2 is 1.53 bits per heavy atom. The molecule has 0 amide bonds. The lowest BCUT2D eigenvalue weighted by molar-refractivity contribution is 0.171. The number of fused-ring (bicyclic) bond motifs is 14. The van der Waals surface area contributed by atoms with Gasteiger partial charge >= 0.3 is 0 Å². The molecule has 4 aromatic carbocycles. The molecule has 4 bridgehead atoms. The minimum Gasteiger partial charge on any atom is -0.486 e. The van der Waals surface area contributed by atoms with E-state index >= 15 is 0 Å². The summed E-state index contributed by atoms with van der Waals surface area (Å²) in [6.07, 6.45) is 32.5. The van der Waals surface area contributed by atoms with Gasteiger partial charge in [0.2, 0.25) is 0 Å². The number of hydrogen-bond donors (Lipinski definition) is 0. The zero-order chi connectivity index (χ0) is 43.3. The summed E-state index contributed by atoms with van der Waals surface area (Å²) in [7, 11) is -2.16. The Morgan fingerprint density at radius 3 is 2.31 bits per heavy atom. The lowest BCUT2D eigenvalue weighted by atomic mass is 9.77. The van der Waals surface area contributed by atoms with Crippen LogP contribution in [0.1, 0.15) is 63.3 Å². The minimum atomic E-state index is -2.16. The molecular weight excluding hydrogens is 816 g/mol. The molecule has 0 spiro atoms. The number of hydrogen-bond acceptors (Lipinski definition) is 3. The predicted molar refractivity (Wildman–Crippen MR) is 277 cm³/mol. The first-order chi connectivity index (χ1) is 31.4. The first kappa shape index (κ1) is 39.9. The second-order valence-corrected chi connectivity index (χ2v) is 23.6. The van der Waals surface area contributed by atoms with Gasteiger partial charge in [-0.25, -0.2) is 4.67 Å². The van der Waals surface area contributed by atoms with Crippen LogP contribution in [0.15, 0.2) is 192 Å². The maximum atomic E-state index is 6.95. The van der Waals surface area contributed by atoms with Crippen molar-refractivity contribution >= 4 is 72.6 Å². The van der Waals surface area contributed by atoms with Crippen molar-refractivity contribution in [2.45, 2.75) is 71.9 Å². The summed E-state index contributed by atoms with van der Waals surface area (Å²) in [5.41, 5.74) is 12.3. The first-order valence-corrected chi connectivity index (χ1v) is 26.3. The molecule has 64 heavy (non-hydrogen) atoms. The second-order valence-electron chi connectivity index (χ2n) is 18.8. The summed E-state index contributed by atoms with van der Waals surface area (Å²) >= 11 is 2.03. The van der Waals surface area contributed by atoms with E-state index in [-0.39, 0.29) is 18.1 Å². The number of nitrogens with zero attached hydrogens (tertiary/aromatic N) is 2. The molecular formula is C59H56N2OPS+. The van der Waals surface area contributed by atoms with Gasteiger partial charge < -0.3 is 9.30 Å². The summed E-state index contributed by atoms with van der Waals surface area (Å²) in [6.45, 7) is 12.0. The van der Waals surface area contributed by atoms with Gasteiger partial charge in [0, 0.05) is 43.1 Å². The molecule has 6 atom stereocenters. The molecule has 0 saturated heterocycles. The number of thiophene rings is 1. The van der Waals surface area contributed by atoms with Crippen LogP contribution in [-0.2, 0) is 4.74 Å². The number of allylic oxidation sites excluding steroid dienone is 14. The number of benzene rings is 4. The SMILES string of the molecule is CC[P+](c1ccccc1)(c1ccccc1)N1c2c(sc3cc4c5ccccc5n(C5=CC(C)OC6=C5C5CC(C)C7C=CC=CC=C(CC7)C(=C5C)C=C6)c4c(C)c23)C2C=CC=CC21. The van der Waals surface area contributed by atoms with E-state index in [4.69, 9.17) is 4.74 Å². The van der Waals surface area contributed by atoms with Crippen LogP contribution in [0.4, 0.5) is 5.69 Å². The molecule has 318 valence electrons. The smallest absolute Gasteiger partial charge is 0.170 e. The number of ether oxygens (including phenoxy) is 1. The number of aryl methyl sites for hydroxylation is 1. The van der Waals surface area contributed by atoms with Gasteiger partial charge in [-0.05, 0) is 124 Å². The Hall–Kier alpha value is -5.67. The van der Waals surface area contributed by atoms with Gasteiger partial charge in [-0.3, -0.25) is 0 Å². The van der Waals surface area contributed by atoms with Crippen LogP contribution in [0, 0.1) is 24.7 Å². The molecule has 6 aliphatic rings. The Kier molecular flexibility index (Phi) is 9.66. The first-order valence-electron chi connectivity index (χ1n) is 23.6. The van der Waals surface area contributed by atoms with Crippen molar-refractivity contribution < 1.29 is 4.74 Å². The highest BCUT2D eigenvalue weighted by Gasteiger charge is 2.57. The fraction of sp³-hybridized carbons (Fsp3) is 0.254. The van der Waals surface area contributed by atoms with Gasteiger partial charge in [-0.1, -0.05) is 128 Å². The van der Waals surface area contributed by atoms with Gasteiger partial charge in [-0.2, -0.15) is 0 Å². The van der Waals surface area contributed by atoms with Gasteiger partial charge in [0.1, 0.15) is 22.5 Å². The maximum absolute atomic E-state index is 6.95. The van der Waals surface area contributed by atoms with Crippen molar-refractivity contribution in [3.63, 3.8) is 0 Å². The average Bonchev–Trinajstić information content (AvgIpc) is 3.97. The highest BCUT2D eigenvalue weighted by atomic mass is 32.1. The van der Waals surface area contributed by atoms with Gasteiger partial charge in [0.15, 0.2) is 7.41 Å². The molecule has 2 aromatic heterocycles. The predicted octanol–water partition coefficient (Wildman–Crippen LogP) is 14.8. The lowest BCUT2D eigenvalue weighted by Gasteiger charge is -2.39. The monoisotopic (exact) mass is 871 g/mol. The third-order valence-corrected chi connectivity index (χ3v) is 21.1. The molecule has 0 fully saturated rings. The van der Waals surface area contributed by atoms with Crippen LogP contribution in [0.3, 0.4) is 0 Å². The van der Waals surface area contributed by atoms with Crippen LogP contribution < -0.4 is 15.3 Å². The van der Waals surface area contributed by atoms with Crippen molar-refractivity contribution in [3.05, 3.63) is 202 Å². The second kappa shape index (κ2) is 15.5. The van der Waals surface area contributed by atoms with E-state index in [2.05, 4.69) is 208 Å². The fourth-order valence-corrected chi connectivity index (χ4v) is 18.4. The largest absolute Gasteiger partial charge is 0.486 e. The lowest BCUT2D eigenvalue weighted by Crippen LogP contribution is -2.43. The molecule has 4 heterocycles. The molecule has 0 radical (unpaired) electrons. The summed E-state index contributed by atoms with van der Waals surface area (Å²) in [5.74, 6) is 2.52. The molecule has 4 aliphatic carbocycles. The van der Waals surface area contributed by atoms with E-state index in [1.165, 1.54) is 86.6 Å². The molecule has 3 nitrogen and oxygen atoms in total. The van der Waals surface area contributed by atoms with Gasteiger partial charge in [-0.15, -0.1) is 11.3 Å². The molecule has 0 N–H and O–H groups in total. The summed E-state index contributed by atoms with van der Waals surface area (Å²) in [6, 6.07) is 34.9. The molecule has 6 aromatic rings. The standard InChI is InChI=1S/C59H56N2OPS/c1-6-63(43-22-12-8-13-23-43,44-24-14-9-15-25-44)61-51-29-19-17-27-47(51)59-58(61)55-40(5)57-49(36-54(55)64-59)46-26-16-18-28-50(46)60(57)52-35-38(3)62-53-33-32-45-39(4)48(56(52)53)34-37(2)41-20-10-7-11-21-42(45)31-30-41/h7-29,32-33,35-38,41,47-48,51H,6,30-31,34H2,1-5H3/q+1. The third kappa shape index (κ3) is 5.87. The van der Waals surface area contributed by atoms with Crippen molar-refractivity contribution in [2.24, 2.45) is 17.8 Å². The van der Waals surface area contributed by atoms with Crippen LogP contribution >= 0.6 is 18.7 Å². The van der Waals surface area contributed by atoms with Crippen molar-refractivity contribution in [2.75, 3.05) is 10.8 Å². The third-order valence-electron chi connectivity index (χ3n) is 15.5. The van der Waals surface area contributed by atoms with E-state index in [1.54, 1.807) is 0 Å². The summed E-state index contributed by atoms with van der Waals surface area (Å²) in [5, 5.41) is 6.93. The van der Waals surface area contributed by atoms with Crippen LogP contribution in [0.2, 0.25) is 0 Å². The van der Waals surface area contributed by atoms with Gasteiger partial charge in [0.05, 0.1) is 34.6 Å². The fourth-order valence-electron chi connectivity index (χ4n) is 12.5. The van der Waals surface area contributed by atoms with Crippen molar-refractivity contribution in [3.8, 4) is 0 Å². The molecule has 0 saturated carbocycles. The summed E-state index contributed by atoms with van der Waals surface area (Å²) < 4.78 is 14.0. The zero-order valence-corrected chi connectivity index (χ0v) is 39.3. The Labute approximate surface area is 382 Å². The quantitative estimate of drug-likeness (QED) is 0.161. The topological polar surface area (TPSA) is 17.4 Å². The Balaban J connectivity index is 1.14. The Morgan fingerprint density at radius 1 is 0.797 bits per heavy atom. The normalized spacial score (nSPS) is 25.0. The van der Waals surface area contributed by atoms with Crippen molar-refractivity contribution in [1.29, 1.82) is 0 Å². The van der Waals surface area contributed by atoms with E-state index in [1.807, 2.05) is 11.3 Å². The van der Waals surface area contributed by atoms with Crippen LogP contribution in [0.5, 0.6) is 0 Å². The maximum Gasteiger partial charge on any atom is 0.170 e. The Bertz CT molecular complexity index is 3140. The highest BCUT2D eigenvalue weighted by molar-refractivity contribution is 7.90. The van der Waals surface area contributed by atoms with Crippen LogP contribution in [-0.4, -0.2) is 22.9 Å². The molecule has 2 aliphatic heterocycles. The van der Waals surface area contributed by atoms with Crippen LogP contribution in [0.25, 0.3) is 37.6 Å². The van der Waals surface area contributed by atoms with E-state index in [9.17, 15) is 0 Å². The zero-order valence-electron chi connectivity index (χ0n) is 37.5. The number of para-hydroxylation sites is 1. The van der Waals surface area contributed by atoms with Crippen molar-refractivity contribution in [1.82, 2.24) is 4.57 Å². The minimum absolute atomic E-state index is 0.0866.